The molecule has 114 valence electrons. The molecule has 1 saturated carbocycles. The highest BCUT2D eigenvalue weighted by Gasteiger charge is 2.30. The quantitative estimate of drug-likeness (QED) is 0.787. The van der Waals surface area contributed by atoms with Crippen LogP contribution in [0.3, 0.4) is 0 Å². The molecule has 21 heavy (non-hydrogen) atoms. The normalized spacial score (nSPS) is 20.9. The van der Waals surface area contributed by atoms with Gasteiger partial charge in [0.1, 0.15) is 5.75 Å². The van der Waals surface area contributed by atoms with Gasteiger partial charge in [-0.25, -0.2) is 0 Å². The molecular weight excluding hydrogens is 270 g/mol. The van der Waals surface area contributed by atoms with Gasteiger partial charge in [-0.2, -0.15) is 0 Å². The number of hydrogen-bond donors (Lipinski definition) is 3. The fraction of sp³-hybridized carbons (Fsp3) is 0.467. The highest BCUT2D eigenvalue weighted by molar-refractivity contribution is 5.96. The number of hydrogen-bond acceptors (Lipinski definition) is 4. The van der Waals surface area contributed by atoms with Gasteiger partial charge in [0.2, 0.25) is 11.8 Å². The topological polar surface area (TPSA) is 93.5 Å². The Hall–Kier alpha value is -2.08. The Morgan fingerprint density at radius 3 is 2.62 bits per heavy atom. The Kier molecular flexibility index (Phi) is 4.80. The van der Waals surface area contributed by atoms with Crippen molar-refractivity contribution in [3.05, 3.63) is 18.2 Å². The summed E-state index contributed by atoms with van der Waals surface area (Å²) in [7, 11) is 1.53. The van der Waals surface area contributed by atoms with Crippen molar-refractivity contribution in [2.24, 2.45) is 11.7 Å². The smallest absolute Gasteiger partial charge is 0.229 e. The summed E-state index contributed by atoms with van der Waals surface area (Å²) in [4.78, 5) is 23.4. The highest BCUT2D eigenvalue weighted by Crippen LogP contribution is 2.30. The van der Waals surface area contributed by atoms with Crippen LogP contribution in [0.5, 0.6) is 5.75 Å². The lowest BCUT2D eigenvalue weighted by Crippen LogP contribution is -2.34. The largest absolute Gasteiger partial charge is 0.495 e. The van der Waals surface area contributed by atoms with Crippen LogP contribution in [-0.4, -0.2) is 25.0 Å². The van der Waals surface area contributed by atoms with Crippen LogP contribution >= 0.6 is 0 Å². The van der Waals surface area contributed by atoms with Gasteiger partial charge in [-0.05, 0) is 31.0 Å². The second-order valence-electron chi connectivity index (χ2n) is 5.29. The molecule has 0 aromatic heterocycles. The Morgan fingerprint density at radius 2 is 2.05 bits per heavy atom. The number of benzene rings is 1. The molecule has 6 nitrogen and oxygen atoms in total. The van der Waals surface area contributed by atoms with Crippen molar-refractivity contribution >= 4 is 23.2 Å². The van der Waals surface area contributed by atoms with E-state index < -0.39 is 0 Å². The molecule has 0 radical (unpaired) electrons. The van der Waals surface area contributed by atoms with Gasteiger partial charge in [0.25, 0.3) is 0 Å². The van der Waals surface area contributed by atoms with Gasteiger partial charge in [-0.3, -0.25) is 9.59 Å². The van der Waals surface area contributed by atoms with Crippen LogP contribution in [0, 0.1) is 5.92 Å². The molecule has 2 unspecified atom stereocenters. The summed E-state index contributed by atoms with van der Waals surface area (Å²) in [5, 5.41) is 5.53. The number of carbonyl (C=O) groups is 2. The molecule has 2 atom stereocenters. The maximum absolute atomic E-state index is 12.3. The summed E-state index contributed by atoms with van der Waals surface area (Å²) in [5.41, 5.74) is 7.09. The van der Waals surface area contributed by atoms with Crippen LogP contribution in [0.15, 0.2) is 18.2 Å². The minimum absolute atomic E-state index is 0.0884. The Bertz CT molecular complexity index is 545. The molecule has 0 saturated heterocycles. The number of methoxy groups -OCH3 is 1. The van der Waals surface area contributed by atoms with E-state index in [9.17, 15) is 9.59 Å². The molecule has 2 amide bonds. The maximum atomic E-state index is 12.3. The van der Waals surface area contributed by atoms with Crippen LogP contribution in [0.4, 0.5) is 11.4 Å². The van der Waals surface area contributed by atoms with E-state index in [1.807, 2.05) is 0 Å². The minimum atomic E-state index is -0.171. The summed E-state index contributed by atoms with van der Waals surface area (Å²) >= 11 is 0. The average molecular weight is 291 g/mol. The zero-order chi connectivity index (χ0) is 15.4. The molecule has 0 aliphatic heterocycles. The summed E-state index contributed by atoms with van der Waals surface area (Å²) in [6, 6.07) is 5.01. The van der Waals surface area contributed by atoms with Crippen molar-refractivity contribution in [2.45, 2.75) is 32.2 Å². The van der Waals surface area contributed by atoms with Gasteiger partial charge in [0, 0.05) is 18.7 Å². The predicted molar refractivity (Wildman–Crippen MR) is 81.2 cm³/mol. The summed E-state index contributed by atoms with van der Waals surface area (Å²) in [6.07, 6.45) is 2.66. The molecule has 0 bridgehead atoms. The minimum Gasteiger partial charge on any atom is -0.495 e. The Morgan fingerprint density at radius 1 is 1.29 bits per heavy atom. The fourth-order valence-electron chi connectivity index (χ4n) is 2.63. The number of nitrogens with one attached hydrogen (secondary N) is 2. The molecule has 1 fully saturated rings. The average Bonchev–Trinajstić information content (AvgIpc) is 2.84. The van der Waals surface area contributed by atoms with Gasteiger partial charge < -0.3 is 21.1 Å². The van der Waals surface area contributed by atoms with Crippen molar-refractivity contribution in [3.8, 4) is 5.75 Å². The predicted octanol–water partition coefficient (Wildman–Crippen LogP) is 1.72. The lowest BCUT2D eigenvalue weighted by atomic mass is 10.0. The summed E-state index contributed by atoms with van der Waals surface area (Å²) in [5.74, 6) is 0.108. The lowest BCUT2D eigenvalue weighted by Gasteiger charge is -2.17. The summed E-state index contributed by atoms with van der Waals surface area (Å²) < 4.78 is 5.24. The number of rotatable bonds is 4. The molecule has 1 aromatic carbocycles. The van der Waals surface area contributed by atoms with Crippen molar-refractivity contribution in [2.75, 3.05) is 17.7 Å². The molecule has 6 heteroatoms. The van der Waals surface area contributed by atoms with E-state index in [4.69, 9.17) is 10.5 Å². The molecule has 1 aromatic rings. The molecule has 1 aliphatic rings. The third-order valence-electron chi connectivity index (χ3n) is 3.68. The van der Waals surface area contributed by atoms with Gasteiger partial charge in [0.05, 0.1) is 18.7 Å². The lowest BCUT2D eigenvalue weighted by molar-refractivity contribution is -0.120. The zero-order valence-electron chi connectivity index (χ0n) is 12.3. The number of anilines is 2. The second kappa shape index (κ2) is 6.58. The Labute approximate surface area is 124 Å². The first-order valence-corrected chi connectivity index (χ1v) is 7.03. The molecule has 0 heterocycles. The van der Waals surface area contributed by atoms with Gasteiger partial charge >= 0.3 is 0 Å². The number of nitrogens with two attached hydrogens (primary N) is 1. The third kappa shape index (κ3) is 3.72. The van der Waals surface area contributed by atoms with E-state index >= 15 is 0 Å². The van der Waals surface area contributed by atoms with E-state index in [1.54, 1.807) is 18.2 Å². The van der Waals surface area contributed by atoms with E-state index in [0.29, 0.717) is 17.1 Å². The number of carbonyl (C=O) groups excluding carboxylic acids is 2. The van der Waals surface area contributed by atoms with Crippen LogP contribution in [-0.2, 0) is 9.59 Å². The van der Waals surface area contributed by atoms with Crippen molar-refractivity contribution in [1.82, 2.24) is 0 Å². The van der Waals surface area contributed by atoms with Crippen molar-refractivity contribution in [1.29, 1.82) is 0 Å². The SMILES string of the molecule is COc1ccc(NC(C)=O)cc1NC(=O)C1CCCC1N. The fourth-order valence-corrected chi connectivity index (χ4v) is 2.63. The van der Waals surface area contributed by atoms with Gasteiger partial charge in [0.15, 0.2) is 0 Å². The molecule has 0 spiro atoms. The standard InChI is InChI=1S/C15H21N3O3/c1-9(19)17-10-6-7-14(21-2)13(8-10)18-15(20)11-4-3-5-12(11)16/h6-8,11-12H,3-5,16H2,1-2H3,(H,17,19)(H,18,20). The van der Waals surface area contributed by atoms with Crippen LogP contribution in [0.2, 0.25) is 0 Å². The number of amides is 2. The van der Waals surface area contributed by atoms with E-state index in [1.165, 1.54) is 14.0 Å². The Balaban J connectivity index is 2.16. The first-order valence-electron chi connectivity index (χ1n) is 7.03. The van der Waals surface area contributed by atoms with Crippen molar-refractivity contribution < 1.29 is 14.3 Å². The molecular formula is C15H21N3O3. The molecule has 4 N–H and O–H groups in total. The van der Waals surface area contributed by atoms with Crippen molar-refractivity contribution in [3.63, 3.8) is 0 Å². The molecule has 1 aliphatic carbocycles. The van der Waals surface area contributed by atoms with Crippen LogP contribution < -0.4 is 21.1 Å². The van der Waals surface area contributed by atoms with E-state index in [2.05, 4.69) is 10.6 Å². The van der Waals surface area contributed by atoms with Crippen LogP contribution in [0.1, 0.15) is 26.2 Å². The first kappa shape index (κ1) is 15.3. The third-order valence-corrected chi connectivity index (χ3v) is 3.68. The number of ether oxygens (including phenoxy) is 1. The second-order valence-corrected chi connectivity index (χ2v) is 5.29. The monoisotopic (exact) mass is 291 g/mol. The summed E-state index contributed by atoms with van der Waals surface area (Å²) in [6.45, 7) is 1.43. The van der Waals surface area contributed by atoms with Gasteiger partial charge in [-0.1, -0.05) is 6.42 Å². The van der Waals surface area contributed by atoms with E-state index in [0.717, 1.165) is 19.3 Å². The van der Waals surface area contributed by atoms with E-state index in [-0.39, 0.29) is 23.8 Å². The highest BCUT2D eigenvalue weighted by atomic mass is 16.5. The van der Waals surface area contributed by atoms with Gasteiger partial charge in [-0.15, -0.1) is 0 Å². The first-order chi connectivity index (χ1) is 10.0. The zero-order valence-corrected chi connectivity index (χ0v) is 12.3. The molecule has 2 rings (SSSR count). The van der Waals surface area contributed by atoms with Crippen LogP contribution in [0.25, 0.3) is 0 Å². The maximum Gasteiger partial charge on any atom is 0.229 e.